The number of aromatic nitrogens is 1. The third-order valence-electron chi connectivity index (χ3n) is 3.65. The van der Waals surface area contributed by atoms with E-state index in [0.717, 1.165) is 54.2 Å². The number of anilines is 2. The number of carbonyl (C=O) groups is 1. The molecule has 0 atom stereocenters. The Morgan fingerprint density at radius 1 is 1.40 bits per heavy atom. The van der Waals surface area contributed by atoms with Gasteiger partial charge in [-0.05, 0) is 30.9 Å². The highest BCUT2D eigenvalue weighted by Gasteiger charge is 2.21. The zero-order valence-electron chi connectivity index (χ0n) is 11.6. The molecule has 1 aliphatic heterocycles. The number of aryl methyl sites for hydroxylation is 2. The van der Waals surface area contributed by atoms with Gasteiger partial charge in [-0.25, -0.2) is 4.98 Å². The van der Waals surface area contributed by atoms with Gasteiger partial charge in [0.1, 0.15) is 0 Å². The Hall–Kier alpha value is -1.68. The molecule has 0 spiro atoms. The Balaban J connectivity index is 2.00. The normalized spacial score (nSPS) is 14.2. The van der Waals surface area contributed by atoms with Crippen LogP contribution in [0.3, 0.4) is 0 Å². The summed E-state index contributed by atoms with van der Waals surface area (Å²) in [5.74, 6) is 0. The van der Waals surface area contributed by atoms with Gasteiger partial charge in [0.05, 0.1) is 10.6 Å². The number of thiazole rings is 1. The first-order valence-electron chi connectivity index (χ1n) is 7.13. The molecule has 1 aliphatic rings. The van der Waals surface area contributed by atoms with Gasteiger partial charge in [0.25, 0.3) is 0 Å². The zero-order valence-corrected chi connectivity index (χ0v) is 12.4. The zero-order chi connectivity index (χ0) is 13.9. The number of para-hydroxylation sites is 1. The van der Waals surface area contributed by atoms with Crippen LogP contribution in [-0.2, 0) is 12.8 Å². The predicted octanol–water partition coefficient (Wildman–Crippen LogP) is 3.99. The molecule has 3 nitrogen and oxygen atoms in total. The number of rotatable bonds is 4. The average Bonchev–Trinajstić information content (AvgIpc) is 2.90. The van der Waals surface area contributed by atoms with Crippen LogP contribution >= 0.6 is 11.3 Å². The molecule has 104 valence electrons. The van der Waals surface area contributed by atoms with Crippen molar-refractivity contribution >= 4 is 28.4 Å². The molecule has 0 saturated heterocycles. The second-order valence-corrected chi connectivity index (χ2v) is 6.07. The molecular weight excluding hydrogens is 268 g/mol. The molecule has 20 heavy (non-hydrogen) atoms. The predicted molar refractivity (Wildman–Crippen MR) is 83.3 cm³/mol. The van der Waals surface area contributed by atoms with Crippen molar-refractivity contribution in [1.82, 2.24) is 4.98 Å². The molecule has 0 amide bonds. The largest absolute Gasteiger partial charge is 0.318 e. The molecule has 3 rings (SSSR count). The van der Waals surface area contributed by atoms with Crippen molar-refractivity contribution < 1.29 is 4.79 Å². The molecular formula is C16H18N2OS. The Morgan fingerprint density at radius 2 is 2.25 bits per heavy atom. The van der Waals surface area contributed by atoms with E-state index in [1.54, 1.807) is 0 Å². The lowest BCUT2D eigenvalue weighted by molar-refractivity contribution is 0.112. The third-order valence-corrected chi connectivity index (χ3v) is 4.70. The van der Waals surface area contributed by atoms with Crippen molar-refractivity contribution in [3.8, 4) is 0 Å². The van der Waals surface area contributed by atoms with Crippen LogP contribution in [-0.4, -0.2) is 17.8 Å². The van der Waals surface area contributed by atoms with Gasteiger partial charge in [0.2, 0.25) is 0 Å². The van der Waals surface area contributed by atoms with E-state index in [9.17, 15) is 4.79 Å². The lowest BCUT2D eigenvalue weighted by Crippen LogP contribution is -2.24. The molecule has 0 N–H and O–H groups in total. The van der Waals surface area contributed by atoms with Crippen LogP contribution in [0.5, 0.6) is 0 Å². The number of aldehydes is 1. The van der Waals surface area contributed by atoms with E-state index in [0.29, 0.717) is 0 Å². The number of benzene rings is 1. The number of nitrogens with zero attached hydrogens (tertiary/aromatic N) is 2. The maximum atomic E-state index is 11.2. The summed E-state index contributed by atoms with van der Waals surface area (Å²) in [6, 6.07) is 8.49. The van der Waals surface area contributed by atoms with Crippen molar-refractivity contribution in [3.05, 3.63) is 40.4 Å². The van der Waals surface area contributed by atoms with Crippen molar-refractivity contribution in [3.63, 3.8) is 0 Å². The highest BCUT2D eigenvalue weighted by molar-refractivity contribution is 7.17. The summed E-state index contributed by atoms with van der Waals surface area (Å²) in [6.45, 7) is 3.10. The molecule has 2 aromatic rings. The summed E-state index contributed by atoms with van der Waals surface area (Å²) in [6.07, 6.45) is 5.10. The average molecular weight is 286 g/mol. The van der Waals surface area contributed by atoms with Gasteiger partial charge in [-0.15, -0.1) is 0 Å². The summed E-state index contributed by atoms with van der Waals surface area (Å²) < 4.78 is 0. The quantitative estimate of drug-likeness (QED) is 0.797. The molecule has 0 unspecified atom stereocenters. The molecule has 0 bridgehead atoms. The van der Waals surface area contributed by atoms with Gasteiger partial charge in [0.15, 0.2) is 11.4 Å². The van der Waals surface area contributed by atoms with E-state index in [2.05, 4.69) is 36.1 Å². The van der Waals surface area contributed by atoms with Crippen molar-refractivity contribution in [1.29, 1.82) is 0 Å². The second-order valence-electron chi connectivity index (χ2n) is 5.06. The van der Waals surface area contributed by atoms with Crippen LogP contribution < -0.4 is 4.90 Å². The van der Waals surface area contributed by atoms with Gasteiger partial charge in [0, 0.05) is 12.2 Å². The van der Waals surface area contributed by atoms with Crippen LogP contribution in [0.15, 0.2) is 24.3 Å². The molecule has 1 aromatic heterocycles. The van der Waals surface area contributed by atoms with Crippen molar-refractivity contribution in [2.75, 3.05) is 11.4 Å². The second kappa shape index (κ2) is 5.75. The number of hydrogen-bond donors (Lipinski definition) is 0. The van der Waals surface area contributed by atoms with E-state index in [1.807, 2.05) is 0 Å². The third kappa shape index (κ3) is 2.36. The van der Waals surface area contributed by atoms with Crippen molar-refractivity contribution in [2.45, 2.75) is 32.6 Å². The maximum absolute atomic E-state index is 11.2. The van der Waals surface area contributed by atoms with Gasteiger partial charge in [-0.3, -0.25) is 4.79 Å². The molecule has 2 heterocycles. The fourth-order valence-electron chi connectivity index (χ4n) is 2.71. The maximum Gasteiger partial charge on any atom is 0.190 e. The number of carbonyl (C=O) groups excluding carboxylic acids is 1. The SMILES string of the molecule is CCCc1nc(N2CCCc3ccccc32)sc1C=O. The van der Waals surface area contributed by atoms with E-state index >= 15 is 0 Å². The van der Waals surface area contributed by atoms with E-state index in [1.165, 1.54) is 22.6 Å². The molecule has 0 saturated carbocycles. The molecule has 0 radical (unpaired) electrons. The summed E-state index contributed by atoms with van der Waals surface area (Å²) in [4.78, 5) is 18.9. The van der Waals surface area contributed by atoms with Gasteiger partial charge in [-0.2, -0.15) is 0 Å². The fraction of sp³-hybridized carbons (Fsp3) is 0.375. The first kappa shape index (κ1) is 13.3. The van der Waals surface area contributed by atoms with Crippen LogP contribution in [0.1, 0.15) is 40.7 Å². The summed E-state index contributed by atoms with van der Waals surface area (Å²) >= 11 is 1.52. The molecule has 1 aromatic carbocycles. The monoisotopic (exact) mass is 286 g/mol. The van der Waals surface area contributed by atoms with Crippen LogP contribution in [0, 0.1) is 0 Å². The minimum atomic E-state index is 0.782. The number of fused-ring (bicyclic) bond motifs is 1. The molecule has 0 fully saturated rings. The highest BCUT2D eigenvalue weighted by Crippen LogP contribution is 2.36. The van der Waals surface area contributed by atoms with Gasteiger partial charge >= 0.3 is 0 Å². The van der Waals surface area contributed by atoms with Crippen molar-refractivity contribution in [2.24, 2.45) is 0 Å². The minimum absolute atomic E-state index is 0.782. The Kier molecular flexibility index (Phi) is 3.83. The van der Waals surface area contributed by atoms with E-state index in [4.69, 9.17) is 4.98 Å². The van der Waals surface area contributed by atoms with Crippen LogP contribution in [0.25, 0.3) is 0 Å². The Morgan fingerprint density at radius 3 is 3.05 bits per heavy atom. The summed E-state index contributed by atoms with van der Waals surface area (Å²) in [5, 5.41) is 0.961. The lowest BCUT2D eigenvalue weighted by atomic mass is 10.0. The van der Waals surface area contributed by atoms with Crippen LogP contribution in [0.2, 0.25) is 0 Å². The topological polar surface area (TPSA) is 33.2 Å². The first-order chi connectivity index (χ1) is 9.83. The van der Waals surface area contributed by atoms with Gasteiger partial charge < -0.3 is 4.90 Å². The number of hydrogen-bond acceptors (Lipinski definition) is 4. The summed E-state index contributed by atoms with van der Waals surface area (Å²) in [5.41, 5.74) is 3.57. The van der Waals surface area contributed by atoms with E-state index in [-0.39, 0.29) is 0 Å². The molecule has 4 heteroatoms. The highest BCUT2D eigenvalue weighted by atomic mass is 32.1. The summed E-state index contributed by atoms with van der Waals surface area (Å²) in [7, 11) is 0. The first-order valence-corrected chi connectivity index (χ1v) is 7.95. The van der Waals surface area contributed by atoms with Crippen LogP contribution in [0.4, 0.5) is 10.8 Å². The Labute approximate surface area is 123 Å². The molecule has 0 aliphatic carbocycles. The lowest BCUT2D eigenvalue weighted by Gasteiger charge is -2.28. The van der Waals surface area contributed by atoms with Gasteiger partial charge in [-0.1, -0.05) is 42.9 Å². The Bertz CT molecular complexity index is 621. The fourth-order valence-corrected chi connectivity index (χ4v) is 3.67. The van der Waals surface area contributed by atoms with E-state index < -0.39 is 0 Å². The minimum Gasteiger partial charge on any atom is -0.318 e. The standard InChI is InChI=1S/C16H18N2OS/c1-2-6-13-15(11-19)20-16(17-13)18-10-5-8-12-7-3-4-9-14(12)18/h3-4,7,9,11H,2,5-6,8,10H2,1H3. The smallest absolute Gasteiger partial charge is 0.190 e.